The van der Waals surface area contributed by atoms with E-state index in [0.717, 1.165) is 6.54 Å². The smallest absolute Gasteiger partial charge is 0.334 e. The van der Waals surface area contributed by atoms with E-state index in [4.69, 9.17) is 9.84 Å². The van der Waals surface area contributed by atoms with Gasteiger partial charge in [-0.05, 0) is 28.2 Å². The van der Waals surface area contributed by atoms with E-state index >= 15 is 0 Å². The molecule has 0 saturated carbocycles. The highest BCUT2D eigenvalue weighted by molar-refractivity contribution is 5.72. The van der Waals surface area contributed by atoms with Crippen LogP contribution in [0.4, 0.5) is 0 Å². The largest absolute Gasteiger partial charge is 0.479 e. The molecule has 84 valence electrons. The predicted molar refractivity (Wildman–Crippen MR) is 54.5 cm³/mol. The first-order valence-electron chi connectivity index (χ1n) is 4.57. The lowest BCUT2D eigenvalue weighted by molar-refractivity contribution is -0.151. The second kappa shape index (κ2) is 6.75. The molecule has 14 heavy (non-hydrogen) atoms. The summed E-state index contributed by atoms with van der Waals surface area (Å²) in [6, 6.07) is 0. The molecule has 0 bridgehead atoms. The highest BCUT2D eigenvalue weighted by atomic mass is 16.5. The third-order valence-electron chi connectivity index (χ3n) is 1.66. The summed E-state index contributed by atoms with van der Waals surface area (Å²) >= 11 is 0. The van der Waals surface area contributed by atoms with Gasteiger partial charge in [0, 0.05) is 13.1 Å². The van der Waals surface area contributed by atoms with Crippen molar-refractivity contribution in [1.29, 1.82) is 0 Å². The van der Waals surface area contributed by atoms with Crippen molar-refractivity contribution in [3.05, 3.63) is 0 Å². The van der Waals surface area contributed by atoms with Gasteiger partial charge in [-0.25, -0.2) is 4.79 Å². The molecular weight excluding hydrogens is 184 g/mol. The van der Waals surface area contributed by atoms with Crippen molar-refractivity contribution in [1.82, 2.24) is 9.80 Å². The Labute approximate surface area is 85.2 Å². The van der Waals surface area contributed by atoms with Gasteiger partial charge >= 0.3 is 5.97 Å². The standard InChI is InChI=1S/C9H20N2O3/c1-10(2)5-6-14-8(9(12)13)7-11(3)4/h8H,5-7H2,1-4H3,(H,12,13). The molecule has 0 aliphatic carbocycles. The molecule has 0 heterocycles. The number of rotatable bonds is 7. The van der Waals surface area contributed by atoms with Crippen LogP contribution in [0.5, 0.6) is 0 Å². The Morgan fingerprint density at radius 1 is 1.29 bits per heavy atom. The fraction of sp³-hybridized carbons (Fsp3) is 0.889. The van der Waals surface area contributed by atoms with Crippen LogP contribution in [-0.4, -0.2) is 74.9 Å². The van der Waals surface area contributed by atoms with Gasteiger partial charge in [0.25, 0.3) is 0 Å². The van der Waals surface area contributed by atoms with Gasteiger partial charge in [0.05, 0.1) is 6.61 Å². The molecule has 0 spiro atoms. The van der Waals surface area contributed by atoms with Crippen molar-refractivity contribution < 1.29 is 14.6 Å². The van der Waals surface area contributed by atoms with Crippen molar-refractivity contribution in [2.75, 3.05) is 47.9 Å². The molecule has 0 aliphatic heterocycles. The second-order valence-electron chi connectivity index (χ2n) is 3.76. The van der Waals surface area contributed by atoms with Gasteiger partial charge < -0.3 is 19.6 Å². The third kappa shape index (κ3) is 6.82. The normalized spacial score (nSPS) is 13.6. The highest BCUT2D eigenvalue weighted by Gasteiger charge is 2.18. The van der Waals surface area contributed by atoms with Crippen LogP contribution in [0.2, 0.25) is 0 Å². The summed E-state index contributed by atoms with van der Waals surface area (Å²) in [5.74, 6) is -0.905. The summed E-state index contributed by atoms with van der Waals surface area (Å²) in [7, 11) is 7.49. The van der Waals surface area contributed by atoms with E-state index in [1.165, 1.54) is 0 Å². The van der Waals surface area contributed by atoms with Crippen molar-refractivity contribution in [2.45, 2.75) is 6.10 Å². The molecule has 5 heteroatoms. The number of nitrogens with zero attached hydrogens (tertiary/aromatic N) is 2. The van der Waals surface area contributed by atoms with Crippen LogP contribution < -0.4 is 0 Å². The number of hydrogen-bond donors (Lipinski definition) is 1. The van der Waals surface area contributed by atoms with Gasteiger partial charge in [-0.1, -0.05) is 0 Å². The highest BCUT2D eigenvalue weighted by Crippen LogP contribution is 1.95. The number of carbonyl (C=O) groups is 1. The number of aliphatic carboxylic acids is 1. The summed E-state index contributed by atoms with van der Waals surface area (Å²) in [4.78, 5) is 14.5. The molecule has 0 aromatic carbocycles. The molecule has 5 nitrogen and oxygen atoms in total. The molecule has 1 N–H and O–H groups in total. The van der Waals surface area contributed by atoms with Gasteiger partial charge in [0.1, 0.15) is 0 Å². The lowest BCUT2D eigenvalue weighted by Crippen LogP contribution is -2.36. The number of carboxylic acids is 1. The fourth-order valence-electron chi connectivity index (χ4n) is 0.911. The van der Waals surface area contributed by atoms with Crippen LogP contribution in [0.3, 0.4) is 0 Å². The maximum Gasteiger partial charge on any atom is 0.334 e. The molecule has 0 radical (unpaired) electrons. The van der Waals surface area contributed by atoms with E-state index in [2.05, 4.69) is 0 Å². The van der Waals surface area contributed by atoms with Crippen molar-refractivity contribution in [2.24, 2.45) is 0 Å². The molecule has 0 fully saturated rings. The van der Waals surface area contributed by atoms with Crippen LogP contribution in [0.25, 0.3) is 0 Å². The Morgan fingerprint density at radius 3 is 2.21 bits per heavy atom. The quantitative estimate of drug-likeness (QED) is 0.610. The monoisotopic (exact) mass is 204 g/mol. The zero-order chi connectivity index (χ0) is 11.1. The number of hydrogen-bond acceptors (Lipinski definition) is 4. The van der Waals surface area contributed by atoms with E-state index in [-0.39, 0.29) is 0 Å². The van der Waals surface area contributed by atoms with Crippen LogP contribution in [0.1, 0.15) is 0 Å². The topological polar surface area (TPSA) is 53.0 Å². The Hall–Kier alpha value is -0.650. The molecular formula is C9H20N2O3. The van der Waals surface area contributed by atoms with Gasteiger partial charge in [-0.3, -0.25) is 0 Å². The summed E-state index contributed by atoms with van der Waals surface area (Å²) < 4.78 is 5.24. The van der Waals surface area contributed by atoms with Crippen molar-refractivity contribution in [3.63, 3.8) is 0 Å². The van der Waals surface area contributed by atoms with E-state index in [1.807, 2.05) is 33.1 Å². The zero-order valence-electron chi connectivity index (χ0n) is 9.36. The summed E-state index contributed by atoms with van der Waals surface area (Å²) in [5, 5.41) is 8.82. The Balaban J connectivity index is 3.80. The Kier molecular flexibility index (Phi) is 6.44. The Morgan fingerprint density at radius 2 is 1.86 bits per heavy atom. The lowest BCUT2D eigenvalue weighted by Gasteiger charge is -2.18. The average Bonchev–Trinajstić information content (AvgIpc) is 2.00. The molecule has 0 saturated heterocycles. The minimum absolute atomic E-state index is 0.406. The van der Waals surface area contributed by atoms with E-state index in [9.17, 15) is 4.79 Å². The molecule has 0 aromatic rings. The van der Waals surface area contributed by atoms with Gasteiger partial charge in [-0.2, -0.15) is 0 Å². The maximum absolute atomic E-state index is 10.7. The molecule has 0 aliphatic rings. The van der Waals surface area contributed by atoms with Gasteiger partial charge in [0.15, 0.2) is 6.10 Å². The van der Waals surface area contributed by atoms with E-state index in [0.29, 0.717) is 13.2 Å². The SMILES string of the molecule is CN(C)CCOC(CN(C)C)C(=O)O. The molecule has 0 amide bonds. The van der Waals surface area contributed by atoms with Crippen LogP contribution in [0.15, 0.2) is 0 Å². The van der Waals surface area contributed by atoms with E-state index < -0.39 is 12.1 Å². The fourth-order valence-corrected chi connectivity index (χ4v) is 0.911. The second-order valence-corrected chi connectivity index (χ2v) is 3.76. The number of carboxylic acid groups (broad SMARTS) is 1. The minimum Gasteiger partial charge on any atom is -0.479 e. The molecule has 1 atom stereocenters. The lowest BCUT2D eigenvalue weighted by atomic mass is 10.3. The van der Waals surface area contributed by atoms with Gasteiger partial charge in [-0.15, -0.1) is 0 Å². The van der Waals surface area contributed by atoms with Crippen LogP contribution in [0, 0.1) is 0 Å². The maximum atomic E-state index is 10.7. The summed E-state index contributed by atoms with van der Waals surface area (Å²) in [6.45, 7) is 1.58. The zero-order valence-corrected chi connectivity index (χ0v) is 9.36. The third-order valence-corrected chi connectivity index (χ3v) is 1.66. The van der Waals surface area contributed by atoms with Crippen LogP contribution >= 0.6 is 0 Å². The summed E-state index contributed by atoms with van der Waals surface area (Å²) in [6.07, 6.45) is -0.732. The van der Waals surface area contributed by atoms with Crippen molar-refractivity contribution in [3.8, 4) is 0 Å². The summed E-state index contributed by atoms with van der Waals surface area (Å²) in [5.41, 5.74) is 0. The first-order valence-corrected chi connectivity index (χ1v) is 4.57. The van der Waals surface area contributed by atoms with E-state index in [1.54, 1.807) is 4.90 Å². The van der Waals surface area contributed by atoms with Gasteiger partial charge in [0.2, 0.25) is 0 Å². The molecule has 0 aromatic heterocycles. The first kappa shape index (κ1) is 13.4. The predicted octanol–water partition coefficient (Wildman–Crippen LogP) is -0.421. The van der Waals surface area contributed by atoms with Crippen LogP contribution in [-0.2, 0) is 9.53 Å². The first-order chi connectivity index (χ1) is 6.43. The Bertz CT molecular complexity index is 171. The van der Waals surface area contributed by atoms with Crippen molar-refractivity contribution >= 4 is 5.97 Å². The number of likely N-dealkylation sites (N-methyl/N-ethyl adjacent to an activating group) is 2. The molecule has 0 rings (SSSR count). The molecule has 1 unspecified atom stereocenters. The number of ether oxygens (including phenoxy) is 1. The minimum atomic E-state index is -0.905. The average molecular weight is 204 g/mol.